The summed E-state index contributed by atoms with van der Waals surface area (Å²) >= 11 is 0. The summed E-state index contributed by atoms with van der Waals surface area (Å²) < 4.78 is 7.04. The number of carbonyl (C=O) groups is 2. The first kappa shape index (κ1) is 19.7. The van der Waals surface area contributed by atoms with Crippen LogP contribution in [0, 0.1) is 0 Å². The number of carbonyl (C=O) groups excluding carboxylic acids is 2. The van der Waals surface area contributed by atoms with Gasteiger partial charge in [-0.25, -0.2) is 4.79 Å². The Kier molecular flexibility index (Phi) is 5.06. The SMILES string of the molecule is CN(C(=O)c1c2c(nn1C)CCN(C(=O)OC(C)(C)C)C2)c1ccc(O)cc1. The zero-order valence-corrected chi connectivity index (χ0v) is 16.9. The topological polar surface area (TPSA) is 87.9 Å². The molecule has 1 aromatic heterocycles. The van der Waals surface area contributed by atoms with E-state index in [0.717, 1.165) is 11.3 Å². The average Bonchev–Trinajstić information content (AvgIpc) is 2.94. The van der Waals surface area contributed by atoms with Crippen LogP contribution >= 0.6 is 0 Å². The lowest BCUT2D eigenvalue weighted by atomic mass is 10.0. The lowest BCUT2D eigenvalue weighted by molar-refractivity contribution is 0.0222. The van der Waals surface area contributed by atoms with Gasteiger partial charge in [0.25, 0.3) is 5.91 Å². The Hall–Kier alpha value is -3.03. The monoisotopic (exact) mass is 386 g/mol. The van der Waals surface area contributed by atoms with Crippen LogP contribution in [-0.2, 0) is 24.8 Å². The maximum atomic E-state index is 13.2. The van der Waals surface area contributed by atoms with Crippen molar-refractivity contribution in [3.8, 4) is 5.75 Å². The van der Waals surface area contributed by atoms with Gasteiger partial charge in [0.2, 0.25) is 0 Å². The van der Waals surface area contributed by atoms with Crippen molar-refractivity contribution in [3.63, 3.8) is 0 Å². The maximum Gasteiger partial charge on any atom is 0.410 e. The van der Waals surface area contributed by atoms with Crippen LogP contribution in [0.2, 0.25) is 0 Å². The van der Waals surface area contributed by atoms with Gasteiger partial charge in [0, 0.05) is 38.3 Å². The number of aromatic nitrogens is 2. The molecule has 0 fully saturated rings. The highest BCUT2D eigenvalue weighted by Crippen LogP contribution is 2.26. The summed E-state index contributed by atoms with van der Waals surface area (Å²) in [6.07, 6.45) is 0.172. The number of benzene rings is 1. The van der Waals surface area contributed by atoms with Crippen molar-refractivity contribution in [2.45, 2.75) is 39.3 Å². The summed E-state index contributed by atoms with van der Waals surface area (Å²) in [4.78, 5) is 28.7. The molecule has 28 heavy (non-hydrogen) atoms. The summed E-state index contributed by atoms with van der Waals surface area (Å²) in [6, 6.07) is 6.40. The molecule has 0 saturated carbocycles. The van der Waals surface area contributed by atoms with E-state index in [-0.39, 0.29) is 18.2 Å². The van der Waals surface area contributed by atoms with Gasteiger partial charge in [-0.15, -0.1) is 0 Å². The first-order chi connectivity index (χ1) is 13.1. The van der Waals surface area contributed by atoms with Gasteiger partial charge in [0.05, 0.1) is 12.2 Å². The number of ether oxygens (including phenoxy) is 1. The third kappa shape index (κ3) is 3.95. The second-order valence-corrected chi connectivity index (χ2v) is 7.93. The molecule has 0 atom stereocenters. The Balaban J connectivity index is 1.86. The number of rotatable bonds is 2. The van der Waals surface area contributed by atoms with Crippen LogP contribution in [0.3, 0.4) is 0 Å². The Morgan fingerprint density at radius 1 is 1.21 bits per heavy atom. The molecule has 1 aromatic carbocycles. The summed E-state index contributed by atoms with van der Waals surface area (Å²) in [5, 5.41) is 13.9. The van der Waals surface area contributed by atoms with Crippen LogP contribution in [0.25, 0.3) is 0 Å². The normalized spacial score (nSPS) is 13.8. The highest BCUT2D eigenvalue weighted by atomic mass is 16.6. The molecular weight excluding hydrogens is 360 g/mol. The first-order valence-electron chi connectivity index (χ1n) is 9.16. The van der Waals surface area contributed by atoms with Gasteiger partial charge in [-0.05, 0) is 45.0 Å². The standard InChI is InChI=1S/C20H26N4O4/c1-20(2,3)28-19(27)24-11-10-16-15(12-24)17(23(5)21-16)18(26)22(4)13-6-8-14(25)9-7-13/h6-9,25H,10-12H2,1-5H3. The van der Waals surface area contributed by atoms with Crippen molar-refractivity contribution in [1.29, 1.82) is 0 Å². The molecular formula is C20H26N4O4. The number of phenolic OH excluding ortho intramolecular Hbond substituents is 1. The van der Waals surface area contributed by atoms with Gasteiger partial charge in [-0.1, -0.05) is 0 Å². The second-order valence-electron chi connectivity index (χ2n) is 7.93. The largest absolute Gasteiger partial charge is 0.508 e. The Bertz CT molecular complexity index is 896. The number of hydrogen-bond donors (Lipinski definition) is 1. The molecule has 0 radical (unpaired) electrons. The third-order valence-electron chi connectivity index (χ3n) is 4.59. The fourth-order valence-corrected chi connectivity index (χ4v) is 3.20. The molecule has 0 aliphatic carbocycles. The van der Waals surface area contributed by atoms with Crippen LogP contribution in [0.5, 0.6) is 5.75 Å². The zero-order chi connectivity index (χ0) is 20.6. The Labute approximate surface area is 164 Å². The van der Waals surface area contributed by atoms with Crippen LogP contribution < -0.4 is 4.90 Å². The number of hydrogen-bond acceptors (Lipinski definition) is 5. The van der Waals surface area contributed by atoms with E-state index in [1.165, 1.54) is 17.0 Å². The van der Waals surface area contributed by atoms with Gasteiger partial charge in [-0.3, -0.25) is 9.48 Å². The minimum absolute atomic E-state index is 0.135. The van der Waals surface area contributed by atoms with Gasteiger partial charge < -0.3 is 19.6 Å². The first-order valence-corrected chi connectivity index (χ1v) is 9.16. The van der Waals surface area contributed by atoms with Crippen LogP contribution in [-0.4, -0.2) is 51.0 Å². The molecule has 150 valence electrons. The molecule has 2 aromatic rings. The van der Waals surface area contributed by atoms with Crippen molar-refractivity contribution >= 4 is 17.7 Å². The van der Waals surface area contributed by atoms with Crippen LogP contribution in [0.1, 0.15) is 42.5 Å². The van der Waals surface area contributed by atoms with Crippen molar-refractivity contribution in [3.05, 3.63) is 41.2 Å². The third-order valence-corrected chi connectivity index (χ3v) is 4.59. The molecule has 8 nitrogen and oxygen atoms in total. The Morgan fingerprint density at radius 3 is 2.46 bits per heavy atom. The smallest absolute Gasteiger partial charge is 0.410 e. The molecule has 8 heteroatoms. The lowest BCUT2D eigenvalue weighted by Crippen LogP contribution is -2.40. The van der Waals surface area contributed by atoms with Gasteiger partial charge in [0.15, 0.2) is 0 Å². The van der Waals surface area contributed by atoms with E-state index in [4.69, 9.17) is 4.74 Å². The van der Waals surface area contributed by atoms with E-state index < -0.39 is 11.7 Å². The molecule has 0 spiro atoms. The van der Waals surface area contributed by atoms with Crippen molar-refractivity contribution in [1.82, 2.24) is 14.7 Å². The van der Waals surface area contributed by atoms with Crippen molar-refractivity contribution < 1.29 is 19.4 Å². The molecule has 2 amide bonds. The fourth-order valence-electron chi connectivity index (χ4n) is 3.20. The number of phenols is 1. The summed E-state index contributed by atoms with van der Waals surface area (Å²) in [5.41, 5.74) is 2.08. The van der Waals surface area contributed by atoms with Crippen molar-refractivity contribution in [2.75, 3.05) is 18.5 Å². The highest BCUT2D eigenvalue weighted by Gasteiger charge is 2.32. The van der Waals surface area contributed by atoms with E-state index in [0.29, 0.717) is 24.3 Å². The van der Waals surface area contributed by atoms with E-state index in [2.05, 4.69) is 5.10 Å². The number of aryl methyl sites for hydroxylation is 1. The van der Waals surface area contributed by atoms with Crippen LogP contribution in [0.15, 0.2) is 24.3 Å². The van der Waals surface area contributed by atoms with Gasteiger partial charge in [0.1, 0.15) is 17.0 Å². The van der Waals surface area contributed by atoms with E-state index >= 15 is 0 Å². The van der Waals surface area contributed by atoms with Gasteiger partial charge >= 0.3 is 6.09 Å². The average molecular weight is 386 g/mol. The molecule has 2 heterocycles. The van der Waals surface area contributed by atoms with Gasteiger partial charge in [-0.2, -0.15) is 5.10 Å². The van der Waals surface area contributed by atoms with E-state index in [9.17, 15) is 14.7 Å². The number of fused-ring (bicyclic) bond motifs is 1. The molecule has 3 rings (SSSR count). The van der Waals surface area contributed by atoms with Crippen molar-refractivity contribution in [2.24, 2.45) is 7.05 Å². The number of amides is 2. The summed E-state index contributed by atoms with van der Waals surface area (Å²) in [6.45, 7) is 6.26. The summed E-state index contributed by atoms with van der Waals surface area (Å²) in [5.74, 6) is -0.0940. The lowest BCUT2D eigenvalue weighted by Gasteiger charge is -2.30. The molecule has 0 saturated heterocycles. The molecule has 1 aliphatic rings. The highest BCUT2D eigenvalue weighted by molar-refractivity contribution is 6.05. The number of nitrogens with zero attached hydrogens (tertiary/aromatic N) is 4. The predicted octanol–water partition coefficient (Wildman–Crippen LogP) is 2.70. The summed E-state index contributed by atoms with van der Waals surface area (Å²) in [7, 11) is 3.40. The molecule has 1 N–H and O–H groups in total. The molecule has 0 bridgehead atoms. The minimum Gasteiger partial charge on any atom is -0.508 e. The predicted molar refractivity (Wildman–Crippen MR) is 104 cm³/mol. The van der Waals surface area contributed by atoms with Crippen LogP contribution in [0.4, 0.5) is 10.5 Å². The number of anilines is 1. The number of aromatic hydroxyl groups is 1. The fraction of sp³-hybridized carbons (Fsp3) is 0.450. The second kappa shape index (κ2) is 7.18. The minimum atomic E-state index is -0.579. The molecule has 0 unspecified atom stereocenters. The van der Waals surface area contributed by atoms with E-state index in [1.54, 1.807) is 35.8 Å². The zero-order valence-electron chi connectivity index (χ0n) is 16.9. The quantitative estimate of drug-likeness (QED) is 0.857. The Morgan fingerprint density at radius 2 is 1.86 bits per heavy atom. The maximum absolute atomic E-state index is 13.2. The molecule has 1 aliphatic heterocycles. The van der Waals surface area contributed by atoms with E-state index in [1.807, 2.05) is 20.8 Å².